The Kier molecular flexibility index (Phi) is 3.41. The molecule has 2 rings (SSSR count). The molecule has 72 valence electrons. The molecule has 0 bridgehead atoms. The van der Waals surface area contributed by atoms with Crippen molar-refractivity contribution >= 4 is 45.5 Å². The number of hydrogen-bond acceptors (Lipinski definition) is 2. The maximum atomic E-state index is 5.70. The van der Waals surface area contributed by atoms with Crippen LogP contribution in [0.2, 0.25) is 0 Å². The highest BCUT2D eigenvalue weighted by molar-refractivity contribution is 14.1. The Morgan fingerprint density at radius 2 is 2.00 bits per heavy atom. The maximum Gasteiger partial charge on any atom is 0.108 e. The van der Waals surface area contributed by atoms with Crippen LogP contribution in [0.5, 0.6) is 0 Å². The van der Waals surface area contributed by atoms with Crippen molar-refractivity contribution in [3.8, 4) is 11.3 Å². The molecule has 2 aromatic rings. The van der Waals surface area contributed by atoms with Crippen molar-refractivity contribution in [2.75, 3.05) is 0 Å². The zero-order valence-electron chi connectivity index (χ0n) is 7.21. The fourth-order valence-corrected chi connectivity index (χ4v) is 2.38. The van der Waals surface area contributed by atoms with Crippen LogP contribution < -0.4 is 0 Å². The SMILES string of the molecule is ClCc1nc(-c2ccc(I)cc2)cs1. The third-order valence-electron chi connectivity index (χ3n) is 1.81. The molecule has 0 fully saturated rings. The van der Waals surface area contributed by atoms with Gasteiger partial charge in [-0.3, -0.25) is 0 Å². The number of nitrogens with zero attached hydrogens (tertiary/aromatic N) is 1. The minimum Gasteiger partial charge on any atom is -0.240 e. The molecule has 0 amide bonds. The maximum absolute atomic E-state index is 5.70. The van der Waals surface area contributed by atoms with E-state index in [0.29, 0.717) is 5.88 Å². The number of halogens is 2. The minimum atomic E-state index is 0.495. The van der Waals surface area contributed by atoms with Crippen molar-refractivity contribution in [3.63, 3.8) is 0 Å². The molecule has 0 aliphatic rings. The van der Waals surface area contributed by atoms with E-state index in [9.17, 15) is 0 Å². The summed E-state index contributed by atoms with van der Waals surface area (Å²) in [6.45, 7) is 0. The highest BCUT2D eigenvalue weighted by Gasteiger charge is 2.02. The lowest BCUT2D eigenvalue weighted by Crippen LogP contribution is -1.79. The van der Waals surface area contributed by atoms with E-state index in [-0.39, 0.29) is 0 Å². The minimum absolute atomic E-state index is 0.495. The summed E-state index contributed by atoms with van der Waals surface area (Å²) in [4.78, 5) is 4.41. The van der Waals surface area contributed by atoms with Crippen LogP contribution in [0.4, 0.5) is 0 Å². The number of aromatic nitrogens is 1. The molecular formula is C10H7ClINS. The van der Waals surface area contributed by atoms with Crippen LogP contribution in [-0.2, 0) is 5.88 Å². The summed E-state index contributed by atoms with van der Waals surface area (Å²) in [6, 6.07) is 8.31. The van der Waals surface area contributed by atoms with Gasteiger partial charge in [0, 0.05) is 14.5 Å². The van der Waals surface area contributed by atoms with Crippen molar-refractivity contribution in [2.45, 2.75) is 5.88 Å². The lowest BCUT2D eigenvalue weighted by Gasteiger charge is -1.95. The molecule has 14 heavy (non-hydrogen) atoms. The van der Waals surface area contributed by atoms with Crippen molar-refractivity contribution in [1.29, 1.82) is 0 Å². The van der Waals surface area contributed by atoms with E-state index in [1.54, 1.807) is 11.3 Å². The first-order valence-electron chi connectivity index (χ1n) is 4.06. The van der Waals surface area contributed by atoms with E-state index < -0.39 is 0 Å². The Balaban J connectivity index is 2.34. The zero-order chi connectivity index (χ0) is 9.97. The molecule has 4 heteroatoms. The predicted octanol–water partition coefficient (Wildman–Crippen LogP) is 4.15. The van der Waals surface area contributed by atoms with Crippen molar-refractivity contribution in [3.05, 3.63) is 38.2 Å². The Bertz CT molecular complexity index is 424. The second kappa shape index (κ2) is 4.59. The van der Waals surface area contributed by atoms with E-state index in [2.05, 4.69) is 51.8 Å². The third-order valence-corrected chi connectivity index (χ3v) is 3.79. The van der Waals surface area contributed by atoms with Gasteiger partial charge in [-0.15, -0.1) is 22.9 Å². The van der Waals surface area contributed by atoms with Crippen molar-refractivity contribution in [1.82, 2.24) is 4.98 Å². The topological polar surface area (TPSA) is 12.9 Å². The quantitative estimate of drug-likeness (QED) is 0.593. The summed E-state index contributed by atoms with van der Waals surface area (Å²) in [5, 5.41) is 3.01. The molecule has 0 atom stereocenters. The van der Waals surface area contributed by atoms with Crippen LogP contribution in [0.25, 0.3) is 11.3 Å². The number of benzene rings is 1. The Morgan fingerprint density at radius 3 is 2.57 bits per heavy atom. The lowest BCUT2D eigenvalue weighted by molar-refractivity contribution is 1.26. The number of thiazole rings is 1. The summed E-state index contributed by atoms with van der Waals surface area (Å²) in [5.41, 5.74) is 2.17. The zero-order valence-corrected chi connectivity index (χ0v) is 10.9. The van der Waals surface area contributed by atoms with Gasteiger partial charge in [0.1, 0.15) is 5.01 Å². The van der Waals surface area contributed by atoms with Crippen LogP contribution in [0.1, 0.15) is 5.01 Å². The van der Waals surface area contributed by atoms with Gasteiger partial charge in [0.2, 0.25) is 0 Å². The molecule has 0 aliphatic carbocycles. The van der Waals surface area contributed by atoms with E-state index in [4.69, 9.17) is 11.6 Å². The largest absolute Gasteiger partial charge is 0.240 e. The number of rotatable bonds is 2. The molecule has 0 unspecified atom stereocenters. The van der Waals surface area contributed by atoms with Crippen LogP contribution in [0, 0.1) is 3.57 Å². The highest BCUT2D eigenvalue weighted by Crippen LogP contribution is 2.23. The Morgan fingerprint density at radius 1 is 1.29 bits per heavy atom. The van der Waals surface area contributed by atoms with Gasteiger partial charge in [0.25, 0.3) is 0 Å². The standard InChI is InChI=1S/C10H7ClINS/c11-5-10-13-9(6-14-10)7-1-3-8(12)4-2-7/h1-4,6H,5H2. The van der Waals surface area contributed by atoms with Gasteiger partial charge in [-0.05, 0) is 34.7 Å². The molecule has 1 heterocycles. The van der Waals surface area contributed by atoms with E-state index >= 15 is 0 Å². The second-order valence-electron chi connectivity index (χ2n) is 2.77. The smallest absolute Gasteiger partial charge is 0.108 e. The molecule has 0 radical (unpaired) electrons. The van der Waals surface area contributed by atoms with Gasteiger partial charge < -0.3 is 0 Å². The number of hydrogen-bond donors (Lipinski definition) is 0. The predicted molar refractivity (Wildman–Crippen MR) is 69.8 cm³/mol. The molecular weight excluding hydrogens is 329 g/mol. The first-order chi connectivity index (χ1) is 6.79. The van der Waals surface area contributed by atoms with E-state index in [0.717, 1.165) is 16.3 Å². The van der Waals surface area contributed by atoms with Crippen molar-refractivity contribution in [2.24, 2.45) is 0 Å². The fraction of sp³-hybridized carbons (Fsp3) is 0.100. The lowest BCUT2D eigenvalue weighted by atomic mass is 10.2. The van der Waals surface area contributed by atoms with Crippen LogP contribution in [0.3, 0.4) is 0 Å². The molecule has 1 nitrogen and oxygen atoms in total. The fourth-order valence-electron chi connectivity index (χ4n) is 1.13. The highest BCUT2D eigenvalue weighted by atomic mass is 127. The average Bonchev–Trinajstić information content (AvgIpc) is 2.67. The van der Waals surface area contributed by atoms with Gasteiger partial charge in [0.05, 0.1) is 11.6 Å². The van der Waals surface area contributed by atoms with Crippen LogP contribution in [-0.4, -0.2) is 4.98 Å². The number of alkyl halides is 1. The summed E-state index contributed by atoms with van der Waals surface area (Å²) >= 11 is 9.59. The second-order valence-corrected chi connectivity index (χ2v) is 5.22. The molecule has 0 saturated heterocycles. The Labute approximate surface area is 105 Å². The van der Waals surface area contributed by atoms with E-state index in [1.807, 2.05) is 5.38 Å². The molecule has 0 N–H and O–H groups in total. The molecule has 0 saturated carbocycles. The average molecular weight is 336 g/mol. The van der Waals surface area contributed by atoms with Gasteiger partial charge in [0.15, 0.2) is 0 Å². The summed E-state index contributed by atoms with van der Waals surface area (Å²) < 4.78 is 1.24. The first-order valence-corrected chi connectivity index (χ1v) is 6.55. The van der Waals surface area contributed by atoms with Gasteiger partial charge >= 0.3 is 0 Å². The van der Waals surface area contributed by atoms with E-state index in [1.165, 1.54) is 3.57 Å². The van der Waals surface area contributed by atoms with Gasteiger partial charge in [-0.2, -0.15) is 0 Å². The van der Waals surface area contributed by atoms with Crippen LogP contribution >= 0.6 is 45.5 Å². The monoisotopic (exact) mass is 335 g/mol. The summed E-state index contributed by atoms with van der Waals surface area (Å²) in [6.07, 6.45) is 0. The first kappa shape index (κ1) is 10.4. The molecule has 1 aromatic heterocycles. The summed E-state index contributed by atoms with van der Waals surface area (Å²) in [5.74, 6) is 0.495. The Hall–Kier alpha value is -0.130. The van der Waals surface area contributed by atoms with Crippen molar-refractivity contribution < 1.29 is 0 Å². The van der Waals surface area contributed by atoms with Crippen LogP contribution in [0.15, 0.2) is 29.6 Å². The molecule has 0 aliphatic heterocycles. The summed E-state index contributed by atoms with van der Waals surface area (Å²) in [7, 11) is 0. The van der Waals surface area contributed by atoms with Gasteiger partial charge in [-0.1, -0.05) is 12.1 Å². The molecule has 0 spiro atoms. The van der Waals surface area contributed by atoms with Gasteiger partial charge in [-0.25, -0.2) is 4.98 Å². The molecule has 1 aromatic carbocycles. The normalized spacial score (nSPS) is 10.4. The third kappa shape index (κ3) is 2.27.